The molecular formula is C15H11F2NO4. The van der Waals surface area contributed by atoms with E-state index in [4.69, 9.17) is 5.11 Å². The van der Waals surface area contributed by atoms with Crippen LogP contribution >= 0.6 is 0 Å². The van der Waals surface area contributed by atoms with Crippen molar-refractivity contribution < 1.29 is 23.4 Å². The topological polar surface area (TPSA) is 68.5 Å². The van der Waals surface area contributed by atoms with E-state index in [-0.39, 0.29) is 16.4 Å². The van der Waals surface area contributed by atoms with E-state index >= 15 is 0 Å². The van der Waals surface area contributed by atoms with Crippen molar-refractivity contribution in [3.05, 3.63) is 40.2 Å². The molecule has 0 atom stereocenters. The lowest BCUT2D eigenvalue weighted by molar-refractivity contribution is -0.0862. The molecule has 22 heavy (non-hydrogen) atoms. The number of hydrogen-bond donors (Lipinski definition) is 1. The minimum absolute atomic E-state index is 0.0811. The Morgan fingerprint density at radius 1 is 1.27 bits per heavy atom. The van der Waals surface area contributed by atoms with Gasteiger partial charge in [-0.15, -0.1) is 0 Å². The van der Waals surface area contributed by atoms with Crippen molar-refractivity contribution in [1.82, 2.24) is 4.57 Å². The molecule has 0 spiro atoms. The Morgan fingerprint density at radius 2 is 1.91 bits per heavy atom. The third-order valence-electron chi connectivity index (χ3n) is 4.73. The zero-order valence-electron chi connectivity index (χ0n) is 11.3. The van der Waals surface area contributed by atoms with Crippen molar-refractivity contribution in [3.63, 3.8) is 0 Å². The fraction of sp³-hybridized carbons (Fsp3) is 0.333. The van der Waals surface area contributed by atoms with Crippen molar-refractivity contribution in [1.29, 1.82) is 0 Å². The molecule has 3 aliphatic carbocycles. The van der Waals surface area contributed by atoms with E-state index in [2.05, 4.69) is 4.74 Å². The van der Waals surface area contributed by atoms with Crippen LogP contribution in [-0.4, -0.2) is 15.8 Å². The van der Waals surface area contributed by atoms with E-state index in [0.29, 0.717) is 5.92 Å². The van der Waals surface area contributed by atoms with E-state index in [1.165, 1.54) is 6.20 Å². The van der Waals surface area contributed by atoms with E-state index in [0.717, 1.165) is 31.4 Å². The molecule has 3 aliphatic rings. The highest BCUT2D eigenvalue weighted by atomic mass is 19.2. The van der Waals surface area contributed by atoms with Crippen molar-refractivity contribution in [2.75, 3.05) is 0 Å². The summed E-state index contributed by atoms with van der Waals surface area (Å²) in [5, 5.41) is 8.65. The van der Waals surface area contributed by atoms with Gasteiger partial charge in [-0.05, 0) is 31.2 Å². The van der Waals surface area contributed by atoms with Gasteiger partial charge in [0.05, 0.1) is 17.1 Å². The van der Waals surface area contributed by atoms with Crippen molar-refractivity contribution >= 4 is 17.1 Å². The highest BCUT2D eigenvalue weighted by molar-refractivity contribution is 5.81. The fourth-order valence-corrected chi connectivity index (χ4v) is 3.58. The predicted molar refractivity (Wildman–Crippen MR) is 72.1 cm³/mol. The number of pyridine rings is 1. The zero-order valence-corrected chi connectivity index (χ0v) is 11.3. The normalized spacial score (nSPS) is 25.5. The fourth-order valence-electron chi connectivity index (χ4n) is 3.58. The Hall–Kier alpha value is -2.44. The Balaban J connectivity index is 2.03. The largest absolute Gasteiger partial charge is 0.511 e. The summed E-state index contributed by atoms with van der Waals surface area (Å²) in [5.74, 6) is -1.97. The van der Waals surface area contributed by atoms with Gasteiger partial charge in [0.15, 0.2) is 17.4 Å². The monoisotopic (exact) mass is 307 g/mol. The summed E-state index contributed by atoms with van der Waals surface area (Å²) in [6.07, 6.45) is 2.33. The van der Waals surface area contributed by atoms with Gasteiger partial charge in [0.2, 0.25) is 5.43 Å². The van der Waals surface area contributed by atoms with Gasteiger partial charge in [0.1, 0.15) is 0 Å². The number of aromatic nitrogens is 1. The number of halogens is 2. The van der Waals surface area contributed by atoms with Crippen molar-refractivity contribution in [3.8, 4) is 5.75 Å². The van der Waals surface area contributed by atoms with Crippen LogP contribution in [0.1, 0.15) is 19.3 Å². The van der Waals surface area contributed by atoms with Gasteiger partial charge in [-0.3, -0.25) is 4.79 Å². The number of nitrogens with zero attached hydrogens (tertiary/aromatic N) is 1. The van der Waals surface area contributed by atoms with Crippen LogP contribution in [0.15, 0.2) is 23.1 Å². The summed E-state index contributed by atoms with van der Waals surface area (Å²) >= 11 is 0. The molecule has 0 saturated heterocycles. The molecule has 3 fully saturated rings. The van der Waals surface area contributed by atoms with Crippen LogP contribution in [0.3, 0.4) is 0 Å². The first-order chi connectivity index (χ1) is 10.4. The highest BCUT2D eigenvalue weighted by Gasteiger charge is 2.58. The summed E-state index contributed by atoms with van der Waals surface area (Å²) in [7, 11) is 0. The van der Waals surface area contributed by atoms with Crippen LogP contribution in [0.25, 0.3) is 10.9 Å². The first-order valence-electron chi connectivity index (χ1n) is 6.85. The average Bonchev–Trinajstić information content (AvgIpc) is 2.33. The lowest BCUT2D eigenvalue weighted by Crippen LogP contribution is -2.59. The Labute approximate surface area is 122 Å². The van der Waals surface area contributed by atoms with Crippen LogP contribution < -0.4 is 10.2 Å². The van der Waals surface area contributed by atoms with Gasteiger partial charge in [0, 0.05) is 11.6 Å². The highest BCUT2D eigenvalue weighted by Crippen LogP contribution is 2.62. The minimum atomic E-state index is -1.62. The van der Waals surface area contributed by atoms with Crippen molar-refractivity contribution in [2.24, 2.45) is 5.92 Å². The molecule has 7 heteroatoms. The number of carbonyl (C=O) groups is 1. The molecule has 0 aliphatic heterocycles. The Morgan fingerprint density at radius 3 is 2.45 bits per heavy atom. The van der Waals surface area contributed by atoms with Gasteiger partial charge in [-0.2, -0.15) is 0 Å². The Bertz CT molecular complexity index is 872. The maximum Gasteiger partial charge on any atom is 0.511 e. The van der Waals surface area contributed by atoms with Crippen LogP contribution in [-0.2, 0) is 5.54 Å². The molecule has 0 radical (unpaired) electrons. The third-order valence-corrected chi connectivity index (χ3v) is 4.73. The molecule has 1 aromatic carbocycles. The van der Waals surface area contributed by atoms with Gasteiger partial charge in [-0.1, -0.05) is 0 Å². The molecule has 5 rings (SSSR count). The lowest BCUT2D eigenvalue weighted by atomic mass is 9.49. The number of rotatable bonds is 2. The molecule has 1 N–H and O–H groups in total. The van der Waals surface area contributed by atoms with E-state index < -0.39 is 29.0 Å². The van der Waals surface area contributed by atoms with Crippen LogP contribution in [0.5, 0.6) is 5.75 Å². The summed E-state index contributed by atoms with van der Waals surface area (Å²) < 4.78 is 33.2. The van der Waals surface area contributed by atoms with E-state index in [1.54, 1.807) is 4.57 Å². The van der Waals surface area contributed by atoms with E-state index in [9.17, 15) is 18.4 Å². The molecule has 1 aromatic heterocycles. The lowest BCUT2D eigenvalue weighted by Gasteiger charge is -2.63. The first kappa shape index (κ1) is 13.2. The Kier molecular flexibility index (Phi) is 2.44. The summed E-state index contributed by atoms with van der Waals surface area (Å²) in [4.78, 5) is 23.0. The van der Waals surface area contributed by atoms with Gasteiger partial charge in [0.25, 0.3) is 0 Å². The van der Waals surface area contributed by atoms with Crippen LogP contribution in [0.2, 0.25) is 0 Å². The molecular weight excluding hydrogens is 296 g/mol. The number of fused-ring (bicyclic) bond motifs is 1. The SMILES string of the molecule is O=C(O)Oc1cn(C23CC(C2)C3)c2cc(F)c(F)cc2c1=O. The second-order valence-corrected chi connectivity index (χ2v) is 6.05. The van der Waals surface area contributed by atoms with Gasteiger partial charge < -0.3 is 14.4 Å². The third kappa shape index (κ3) is 1.62. The predicted octanol–water partition coefficient (Wildman–Crippen LogP) is 2.85. The summed E-state index contributed by atoms with van der Waals surface area (Å²) in [6.45, 7) is 0. The molecule has 0 amide bonds. The summed E-state index contributed by atoms with van der Waals surface area (Å²) in [6, 6.07) is 1.78. The molecule has 0 unspecified atom stereocenters. The summed E-state index contributed by atoms with van der Waals surface area (Å²) in [5.41, 5.74) is -0.740. The molecule has 1 heterocycles. The maximum atomic E-state index is 13.6. The molecule has 114 valence electrons. The number of ether oxygens (including phenoxy) is 1. The molecule has 2 aromatic rings. The average molecular weight is 307 g/mol. The number of hydrogen-bond acceptors (Lipinski definition) is 3. The van der Waals surface area contributed by atoms with E-state index in [1.807, 2.05) is 0 Å². The smallest absolute Gasteiger partial charge is 0.449 e. The number of benzene rings is 1. The second kappa shape index (κ2) is 4.06. The van der Waals surface area contributed by atoms with Gasteiger partial charge in [-0.25, -0.2) is 13.6 Å². The van der Waals surface area contributed by atoms with Crippen LogP contribution in [0, 0.1) is 17.6 Å². The number of carboxylic acid groups (broad SMARTS) is 1. The standard InChI is InChI=1S/C15H11F2NO4/c16-9-1-8-11(2-10(9)17)18(15-3-7(4-15)5-15)6-12(13(8)19)22-14(20)21/h1-2,6-7H,3-5H2,(H,20,21). The molecule has 5 nitrogen and oxygen atoms in total. The second-order valence-electron chi connectivity index (χ2n) is 6.05. The van der Waals surface area contributed by atoms with Gasteiger partial charge >= 0.3 is 6.16 Å². The first-order valence-corrected chi connectivity index (χ1v) is 6.85. The zero-order chi connectivity index (χ0) is 15.6. The maximum absolute atomic E-state index is 13.6. The minimum Gasteiger partial charge on any atom is -0.449 e. The van der Waals surface area contributed by atoms with Crippen molar-refractivity contribution in [2.45, 2.75) is 24.8 Å². The molecule has 3 saturated carbocycles. The quantitative estimate of drug-likeness (QED) is 0.866. The van der Waals surface area contributed by atoms with Crippen LogP contribution in [0.4, 0.5) is 13.6 Å². The molecule has 2 bridgehead atoms.